The minimum absolute atomic E-state index is 0.510. The molecule has 1 aromatic heterocycles. The van der Waals surface area contributed by atoms with Gasteiger partial charge in [-0.05, 0) is 11.6 Å². The Bertz CT molecular complexity index is 380. The molecular formula is C9H8F5NO2. The maximum absolute atomic E-state index is 12.6. The van der Waals surface area contributed by atoms with Crippen LogP contribution in [0.4, 0.5) is 22.0 Å². The van der Waals surface area contributed by atoms with Crippen molar-refractivity contribution in [1.82, 2.24) is 4.98 Å². The third-order valence-corrected chi connectivity index (χ3v) is 1.96. The van der Waals surface area contributed by atoms with Crippen molar-refractivity contribution in [3.63, 3.8) is 0 Å². The largest absolute Gasteiger partial charge is 0.481 e. The second kappa shape index (κ2) is 4.82. The first-order chi connectivity index (χ1) is 7.81. The molecule has 0 bridgehead atoms. The molecule has 0 fully saturated rings. The van der Waals surface area contributed by atoms with Crippen molar-refractivity contribution in [1.29, 1.82) is 0 Å². The quantitative estimate of drug-likeness (QED) is 0.846. The normalized spacial score (nSPS) is 12.0. The van der Waals surface area contributed by atoms with Gasteiger partial charge in [0, 0.05) is 0 Å². The van der Waals surface area contributed by atoms with Gasteiger partial charge in [-0.25, -0.2) is 13.8 Å². The molecule has 1 heterocycles. The molecule has 1 rings (SSSR count). The third kappa shape index (κ3) is 2.82. The van der Waals surface area contributed by atoms with E-state index in [1.54, 1.807) is 0 Å². The van der Waals surface area contributed by atoms with E-state index in [1.165, 1.54) is 0 Å². The van der Waals surface area contributed by atoms with Crippen LogP contribution in [-0.2, 0) is 12.8 Å². The van der Waals surface area contributed by atoms with Gasteiger partial charge < -0.3 is 9.84 Å². The Hall–Kier alpha value is -1.44. The summed E-state index contributed by atoms with van der Waals surface area (Å²) in [6, 6.07) is 0.510. The van der Waals surface area contributed by atoms with Crippen molar-refractivity contribution in [3.05, 3.63) is 22.9 Å². The number of rotatable bonds is 3. The number of ether oxygens (including phenoxy) is 1. The van der Waals surface area contributed by atoms with Crippen LogP contribution in [0.5, 0.6) is 5.88 Å². The lowest BCUT2D eigenvalue weighted by atomic mass is 10.1. The summed E-state index contributed by atoms with van der Waals surface area (Å²) in [7, 11) is 0.883. The van der Waals surface area contributed by atoms with Crippen LogP contribution < -0.4 is 4.74 Å². The highest BCUT2D eigenvalue weighted by Crippen LogP contribution is 2.39. The van der Waals surface area contributed by atoms with Gasteiger partial charge in [-0.15, -0.1) is 0 Å². The lowest BCUT2D eigenvalue weighted by molar-refractivity contribution is -0.140. The van der Waals surface area contributed by atoms with E-state index >= 15 is 0 Å². The summed E-state index contributed by atoms with van der Waals surface area (Å²) in [5, 5.41) is 8.78. The van der Waals surface area contributed by atoms with Crippen molar-refractivity contribution >= 4 is 0 Å². The molecule has 0 saturated heterocycles. The average Bonchev–Trinajstić information content (AvgIpc) is 2.25. The Morgan fingerprint density at radius 3 is 2.35 bits per heavy atom. The van der Waals surface area contributed by atoms with Gasteiger partial charge in [-0.2, -0.15) is 13.2 Å². The molecule has 0 aliphatic carbocycles. The average molecular weight is 257 g/mol. The van der Waals surface area contributed by atoms with Crippen molar-refractivity contribution in [2.45, 2.75) is 19.2 Å². The number of hydrogen-bond donors (Lipinski definition) is 1. The molecule has 3 nitrogen and oxygen atoms in total. The molecule has 0 amide bonds. The number of hydrogen-bond acceptors (Lipinski definition) is 3. The standard InChI is InChI=1S/C9H8F5NO2/c1-17-8-6(9(12,13)14)4(3-16)2-5(15-8)7(10)11/h2,7,16H,3H2,1H3. The van der Waals surface area contributed by atoms with Crippen molar-refractivity contribution < 1.29 is 31.8 Å². The van der Waals surface area contributed by atoms with Gasteiger partial charge in [-0.1, -0.05) is 0 Å². The Balaban J connectivity index is 3.47. The van der Waals surface area contributed by atoms with Crippen molar-refractivity contribution in [2.24, 2.45) is 0 Å². The van der Waals surface area contributed by atoms with Crippen LogP contribution in [0.3, 0.4) is 0 Å². The predicted octanol–water partition coefficient (Wildman–Crippen LogP) is 2.54. The number of nitrogens with zero attached hydrogens (tertiary/aromatic N) is 1. The van der Waals surface area contributed by atoms with E-state index in [9.17, 15) is 22.0 Å². The Labute approximate surface area is 92.8 Å². The van der Waals surface area contributed by atoms with Crippen LogP contribution in [0.15, 0.2) is 6.07 Å². The molecule has 0 unspecified atom stereocenters. The van der Waals surface area contributed by atoms with Gasteiger partial charge >= 0.3 is 6.18 Å². The smallest absolute Gasteiger partial charge is 0.421 e. The Kier molecular flexibility index (Phi) is 3.87. The van der Waals surface area contributed by atoms with E-state index in [2.05, 4.69) is 9.72 Å². The van der Waals surface area contributed by atoms with E-state index in [0.717, 1.165) is 7.11 Å². The van der Waals surface area contributed by atoms with Gasteiger partial charge in [0.2, 0.25) is 5.88 Å². The second-order valence-electron chi connectivity index (χ2n) is 3.05. The van der Waals surface area contributed by atoms with E-state index < -0.39 is 41.9 Å². The fourth-order valence-corrected chi connectivity index (χ4v) is 1.28. The molecule has 17 heavy (non-hydrogen) atoms. The van der Waals surface area contributed by atoms with Crippen LogP contribution in [-0.4, -0.2) is 17.2 Å². The third-order valence-electron chi connectivity index (χ3n) is 1.96. The molecule has 8 heteroatoms. The summed E-state index contributed by atoms with van der Waals surface area (Å²) in [5.41, 5.74) is -2.91. The fraction of sp³-hybridized carbons (Fsp3) is 0.444. The first-order valence-electron chi connectivity index (χ1n) is 4.35. The topological polar surface area (TPSA) is 42.4 Å². The zero-order valence-electron chi connectivity index (χ0n) is 8.55. The number of methoxy groups -OCH3 is 1. The van der Waals surface area contributed by atoms with Gasteiger partial charge in [0.1, 0.15) is 11.3 Å². The molecule has 0 aromatic carbocycles. The van der Waals surface area contributed by atoms with E-state index in [-0.39, 0.29) is 0 Å². The summed E-state index contributed by atoms with van der Waals surface area (Å²) in [6.07, 6.45) is -7.88. The number of aromatic nitrogens is 1. The van der Waals surface area contributed by atoms with E-state index in [0.29, 0.717) is 6.07 Å². The maximum Gasteiger partial charge on any atom is 0.421 e. The fourth-order valence-electron chi connectivity index (χ4n) is 1.28. The minimum atomic E-state index is -4.84. The second-order valence-corrected chi connectivity index (χ2v) is 3.05. The lowest BCUT2D eigenvalue weighted by Gasteiger charge is -2.15. The number of aliphatic hydroxyl groups excluding tert-OH is 1. The van der Waals surface area contributed by atoms with Crippen molar-refractivity contribution in [2.75, 3.05) is 7.11 Å². The lowest BCUT2D eigenvalue weighted by Crippen LogP contribution is -2.14. The number of pyridine rings is 1. The van der Waals surface area contributed by atoms with Gasteiger partial charge in [0.05, 0.1) is 13.7 Å². The minimum Gasteiger partial charge on any atom is -0.481 e. The number of aliphatic hydroxyl groups is 1. The molecule has 0 spiro atoms. The molecule has 96 valence electrons. The van der Waals surface area contributed by atoms with Crippen molar-refractivity contribution in [3.8, 4) is 5.88 Å². The highest BCUT2D eigenvalue weighted by molar-refractivity contribution is 5.39. The summed E-state index contributed by atoms with van der Waals surface area (Å²) >= 11 is 0. The molecule has 0 aliphatic heterocycles. The Morgan fingerprint density at radius 2 is 2.00 bits per heavy atom. The predicted molar refractivity (Wildman–Crippen MR) is 46.7 cm³/mol. The van der Waals surface area contributed by atoms with E-state index in [4.69, 9.17) is 5.11 Å². The molecule has 0 aliphatic rings. The van der Waals surface area contributed by atoms with Crippen LogP contribution in [0, 0.1) is 0 Å². The highest BCUT2D eigenvalue weighted by Gasteiger charge is 2.38. The number of halogens is 5. The van der Waals surface area contributed by atoms with Gasteiger partial charge in [0.15, 0.2) is 0 Å². The summed E-state index contributed by atoms with van der Waals surface area (Å²) in [4.78, 5) is 3.06. The zero-order valence-corrected chi connectivity index (χ0v) is 8.55. The van der Waals surface area contributed by atoms with E-state index in [1.807, 2.05) is 0 Å². The van der Waals surface area contributed by atoms with Crippen LogP contribution in [0.1, 0.15) is 23.2 Å². The molecule has 0 atom stereocenters. The molecule has 0 saturated carbocycles. The number of alkyl halides is 5. The SMILES string of the molecule is COc1nc(C(F)F)cc(CO)c1C(F)(F)F. The monoisotopic (exact) mass is 257 g/mol. The summed E-state index contributed by atoms with van der Waals surface area (Å²) < 4.78 is 66.8. The zero-order chi connectivity index (χ0) is 13.2. The molecule has 0 radical (unpaired) electrons. The summed E-state index contributed by atoms with van der Waals surface area (Å²) in [5.74, 6) is -0.973. The van der Waals surface area contributed by atoms with Gasteiger partial charge in [0.25, 0.3) is 6.43 Å². The van der Waals surface area contributed by atoms with Crippen LogP contribution in [0.25, 0.3) is 0 Å². The summed E-state index contributed by atoms with van der Waals surface area (Å²) in [6.45, 7) is -1.03. The molecular weight excluding hydrogens is 249 g/mol. The maximum atomic E-state index is 12.6. The van der Waals surface area contributed by atoms with Crippen LogP contribution >= 0.6 is 0 Å². The van der Waals surface area contributed by atoms with Gasteiger partial charge in [-0.3, -0.25) is 0 Å². The molecule has 1 N–H and O–H groups in total. The Morgan fingerprint density at radius 1 is 1.41 bits per heavy atom. The van der Waals surface area contributed by atoms with Crippen LogP contribution in [0.2, 0.25) is 0 Å². The highest BCUT2D eigenvalue weighted by atomic mass is 19.4. The first kappa shape index (κ1) is 13.6. The molecule has 1 aromatic rings. The first-order valence-corrected chi connectivity index (χ1v) is 4.35.